The van der Waals surface area contributed by atoms with E-state index in [1.54, 1.807) is 0 Å². The van der Waals surface area contributed by atoms with Crippen LogP contribution in [0.15, 0.2) is 53.5 Å². The van der Waals surface area contributed by atoms with E-state index >= 15 is 0 Å². The van der Waals surface area contributed by atoms with Gasteiger partial charge >= 0.3 is 0 Å². The minimum absolute atomic E-state index is 0. The van der Waals surface area contributed by atoms with Crippen LogP contribution in [-0.2, 0) is 10.8 Å². The molecule has 2 aliphatic heterocycles. The van der Waals surface area contributed by atoms with Gasteiger partial charge in [-0.05, 0) is 37.1 Å². The first-order valence-corrected chi connectivity index (χ1v) is 8.76. The molecule has 0 fully saturated rings. The van der Waals surface area contributed by atoms with Crippen molar-refractivity contribution in [2.24, 2.45) is 4.99 Å². The second-order valence-corrected chi connectivity index (χ2v) is 7.97. The zero-order valence-electron chi connectivity index (χ0n) is 15.6. The molecule has 2 aromatic carbocycles. The third-order valence-electron chi connectivity index (χ3n) is 5.85. The van der Waals surface area contributed by atoms with Gasteiger partial charge in [0.2, 0.25) is 0 Å². The Bertz CT molecular complexity index is 778. The fraction of sp³-hybridized carbons (Fsp3) is 0.435. The summed E-state index contributed by atoms with van der Waals surface area (Å²) in [7, 11) is 0. The molecule has 0 saturated carbocycles. The van der Waals surface area contributed by atoms with Crippen LogP contribution in [0.3, 0.4) is 0 Å². The van der Waals surface area contributed by atoms with E-state index in [9.17, 15) is 0 Å². The molecule has 1 atom stereocenters. The molecule has 2 heterocycles. The first-order valence-electron chi connectivity index (χ1n) is 8.76. The highest BCUT2D eigenvalue weighted by atomic mass is 15.0. The number of rotatable bonds is 0. The third kappa shape index (κ3) is 3.22. The summed E-state index contributed by atoms with van der Waals surface area (Å²) in [6.45, 7) is 13.3. The van der Waals surface area contributed by atoms with Crippen LogP contribution in [0.1, 0.15) is 60.1 Å². The van der Waals surface area contributed by atoms with E-state index in [1.807, 2.05) is 6.07 Å². The van der Waals surface area contributed by atoms with E-state index in [-0.39, 0.29) is 18.3 Å². The van der Waals surface area contributed by atoms with Gasteiger partial charge in [-0.15, -0.1) is 0 Å². The lowest BCUT2D eigenvalue weighted by molar-refractivity contribution is 0.486. The third-order valence-corrected chi connectivity index (χ3v) is 5.85. The van der Waals surface area contributed by atoms with Gasteiger partial charge in [-0.3, -0.25) is 4.99 Å². The van der Waals surface area contributed by atoms with Gasteiger partial charge in [0.15, 0.2) is 0 Å². The summed E-state index contributed by atoms with van der Waals surface area (Å²) in [6, 6.07) is 17.5. The zero-order chi connectivity index (χ0) is 17.5. The summed E-state index contributed by atoms with van der Waals surface area (Å²) >= 11 is 0. The molecule has 1 N–H and O–H groups in total. The fourth-order valence-electron chi connectivity index (χ4n) is 3.43. The quantitative estimate of drug-likeness (QED) is 0.584. The van der Waals surface area contributed by atoms with Gasteiger partial charge in [-0.1, -0.05) is 71.5 Å². The molecule has 0 bridgehead atoms. The second-order valence-electron chi connectivity index (χ2n) is 7.97. The second kappa shape index (κ2) is 6.67. The molecule has 2 aromatic rings. The molecule has 0 amide bonds. The zero-order valence-corrected chi connectivity index (χ0v) is 15.6. The number of para-hydroxylation sites is 2. The van der Waals surface area contributed by atoms with Crippen LogP contribution < -0.4 is 5.32 Å². The molecule has 0 aromatic heterocycles. The highest BCUT2D eigenvalue weighted by Crippen LogP contribution is 2.40. The van der Waals surface area contributed by atoms with Crippen molar-refractivity contribution in [1.82, 2.24) is 0 Å². The number of anilines is 1. The Morgan fingerprint density at radius 1 is 0.880 bits per heavy atom. The van der Waals surface area contributed by atoms with Gasteiger partial charge in [0.25, 0.3) is 0 Å². The number of hydrogen-bond acceptors (Lipinski definition) is 2. The largest absolute Gasteiger partial charge is 0.381 e. The lowest BCUT2D eigenvalue weighted by Gasteiger charge is -2.23. The van der Waals surface area contributed by atoms with E-state index in [0.717, 1.165) is 5.69 Å². The molecule has 0 aliphatic carbocycles. The van der Waals surface area contributed by atoms with Gasteiger partial charge in [-0.25, -0.2) is 0 Å². The summed E-state index contributed by atoms with van der Waals surface area (Å²) in [5.41, 5.74) is 6.85. The van der Waals surface area contributed by atoms with Crippen LogP contribution in [0.5, 0.6) is 0 Å². The van der Waals surface area contributed by atoms with Crippen molar-refractivity contribution in [3.63, 3.8) is 0 Å². The molecule has 0 saturated heterocycles. The maximum absolute atomic E-state index is 4.52. The van der Waals surface area contributed by atoms with Gasteiger partial charge in [0.1, 0.15) is 0 Å². The summed E-state index contributed by atoms with van der Waals surface area (Å²) in [4.78, 5) is 4.52. The number of hydrogen-bond donors (Lipinski definition) is 1. The summed E-state index contributed by atoms with van der Waals surface area (Å²) in [6.07, 6.45) is 0. The van der Waals surface area contributed by atoms with Crippen molar-refractivity contribution in [3.8, 4) is 0 Å². The Balaban J connectivity index is 0.000000173. The van der Waals surface area contributed by atoms with Gasteiger partial charge in [-0.2, -0.15) is 0 Å². The smallest absolute Gasteiger partial charge is 0.0670 e. The van der Waals surface area contributed by atoms with E-state index < -0.39 is 0 Å². The predicted molar refractivity (Wildman–Crippen MR) is 112 cm³/mol. The van der Waals surface area contributed by atoms with E-state index in [1.165, 1.54) is 22.5 Å². The summed E-state index contributed by atoms with van der Waals surface area (Å²) < 4.78 is 0. The average Bonchev–Trinajstić information content (AvgIpc) is 2.92. The number of nitrogens with zero attached hydrogens (tertiary/aromatic N) is 1. The van der Waals surface area contributed by atoms with E-state index in [0.29, 0.717) is 6.04 Å². The van der Waals surface area contributed by atoms with Crippen LogP contribution >= 0.6 is 0 Å². The van der Waals surface area contributed by atoms with Crippen molar-refractivity contribution < 1.29 is 0 Å². The van der Waals surface area contributed by atoms with E-state index in [4.69, 9.17) is 0 Å². The number of fused-ring (bicyclic) bond motifs is 2. The van der Waals surface area contributed by atoms with Crippen LogP contribution in [0.4, 0.5) is 11.4 Å². The van der Waals surface area contributed by atoms with Crippen molar-refractivity contribution >= 4 is 17.1 Å². The molecular weight excluding hydrogens is 304 g/mol. The Morgan fingerprint density at radius 3 is 2.04 bits per heavy atom. The molecular formula is C23H32N2. The first-order chi connectivity index (χ1) is 11.2. The molecule has 2 aliphatic rings. The molecule has 134 valence electrons. The Hall–Kier alpha value is -2.09. The van der Waals surface area contributed by atoms with Crippen molar-refractivity contribution in [1.29, 1.82) is 0 Å². The molecule has 2 nitrogen and oxygen atoms in total. The van der Waals surface area contributed by atoms with Crippen LogP contribution in [0.2, 0.25) is 0 Å². The maximum atomic E-state index is 4.52. The van der Waals surface area contributed by atoms with Crippen molar-refractivity contribution in [2.45, 2.75) is 65.8 Å². The summed E-state index contributed by atoms with van der Waals surface area (Å²) in [5.74, 6) is 0. The Labute approximate surface area is 153 Å². The Morgan fingerprint density at radius 2 is 1.44 bits per heavy atom. The lowest BCUT2D eigenvalue weighted by atomic mass is 9.81. The van der Waals surface area contributed by atoms with Gasteiger partial charge in [0.05, 0.1) is 5.69 Å². The van der Waals surface area contributed by atoms with Gasteiger partial charge < -0.3 is 5.32 Å². The van der Waals surface area contributed by atoms with Crippen LogP contribution in [-0.4, -0.2) is 11.8 Å². The average molecular weight is 337 g/mol. The molecule has 4 rings (SSSR count). The molecule has 25 heavy (non-hydrogen) atoms. The molecule has 0 spiro atoms. The standard InChI is InChI=1S/C11H15N.C11H13N.CH4/c2*1-8-11(2,3)9-6-4-5-7-10(9)12-8;/h4-8,12H,1-3H3;4-7H,1-3H3;1H4. The topological polar surface area (TPSA) is 24.4 Å². The first kappa shape index (κ1) is 19.2. The van der Waals surface area contributed by atoms with Gasteiger partial charge in [0, 0.05) is 28.3 Å². The molecule has 2 heteroatoms. The summed E-state index contributed by atoms with van der Waals surface area (Å²) in [5, 5.41) is 3.49. The molecule has 0 radical (unpaired) electrons. The lowest BCUT2D eigenvalue weighted by Crippen LogP contribution is -2.29. The highest BCUT2D eigenvalue weighted by molar-refractivity contribution is 5.99. The maximum Gasteiger partial charge on any atom is 0.0670 e. The van der Waals surface area contributed by atoms with Crippen molar-refractivity contribution in [3.05, 3.63) is 59.7 Å². The van der Waals surface area contributed by atoms with Crippen LogP contribution in [0, 0.1) is 0 Å². The SMILES string of the molecule is C.CC1=Nc2ccccc2C1(C)C.CC1Nc2ccccc2C1(C)C. The van der Waals surface area contributed by atoms with E-state index in [2.05, 4.69) is 94.3 Å². The van der Waals surface area contributed by atoms with Crippen molar-refractivity contribution in [2.75, 3.05) is 5.32 Å². The number of aliphatic imine (C=N–C) groups is 1. The minimum Gasteiger partial charge on any atom is -0.381 e. The normalized spacial score (nSPS) is 20.9. The number of nitrogens with one attached hydrogen (secondary N) is 1. The highest BCUT2D eigenvalue weighted by Gasteiger charge is 2.35. The molecule has 1 unspecified atom stereocenters. The number of benzene rings is 2. The minimum atomic E-state index is 0. The van der Waals surface area contributed by atoms with Crippen LogP contribution in [0.25, 0.3) is 0 Å². The fourth-order valence-corrected chi connectivity index (χ4v) is 3.43. The predicted octanol–water partition coefficient (Wildman–Crippen LogP) is 6.48. The monoisotopic (exact) mass is 336 g/mol. The Kier molecular flexibility index (Phi) is 5.13.